The smallest absolute Gasteiger partial charge is 0.356 e. The molecule has 9 heterocycles. The predicted octanol–water partition coefficient (Wildman–Crippen LogP) is 13.3. The third-order valence-corrected chi connectivity index (χ3v) is 14.7. The van der Waals surface area contributed by atoms with E-state index < -0.39 is 68.3 Å². The highest BCUT2D eigenvalue weighted by atomic mass is 19.3. The lowest BCUT2D eigenvalue weighted by molar-refractivity contribution is 0.0517. The predicted molar refractivity (Wildman–Crippen MR) is 331 cm³/mol. The number of carbonyl (C=O) groups excluding carboxylic acids is 2. The Balaban J connectivity index is 0.000000148. The number of amides is 1. The van der Waals surface area contributed by atoms with E-state index in [9.17, 15) is 59.0 Å². The van der Waals surface area contributed by atoms with E-state index in [2.05, 4.69) is 35.2 Å². The number of alkyl halides is 6. The van der Waals surface area contributed by atoms with Crippen LogP contribution in [0.2, 0.25) is 0 Å². The number of aromatic carboxylic acids is 1. The molecule has 0 saturated heterocycles. The molecule has 28 heteroatoms. The number of fused-ring (bicyclic) bond motifs is 3. The van der Waals surface area contributed by atoms with Gasteiger partial charge in [0.1, 0.15) is 40.1 Å². The van der Waals surface area contributed by atoms with Crippen LogP contribution in [0.3, 0.4) is 0 Å². The van der Waals surface area contributed by atoms with Crippen LogP contribution in [0, 0.1) is 17.5 Å². The minimum absolute atomic E-state index is 0. The number of nitrogens with two attached hydrogens (primary N) is 1. The number of aromatic nitrogens is 12. The second-order valence-corrected chi connectivity index (χ2v) is 21.5. The number of hydrogen-bond acceptors (Lipinski definition) is 11. The normalized spacial score (nSPS) is 12.7. The van der Waals surface area contributed by atoms with Crippen molar-refractivity contribution in [2.24, 2.45) is 5.73 Å². The molecule has 0 atom stereocenters. The molecular formula is C66H59F9N14O5. The van der Waals surface area contributed by atoms with Gasteiger partial charge in [0.2, 0.25) is 0 Å². The van der Waals surface area contributed by atoms with Gasteiger partial charge in [0.05, 0.1) is 98.0 Å². The number of imidazole rings is 6. The Morgan fingerprint density at radius 1 is 0.500 bits per heavy atom. The minimum atomic E-state index is -2.61. The molecule has 2 aliphatic rings. The summed E-state index contributed by atoms with van der Waals surface area (Å²) in [4.78, 5) is 61.5. The molecule has 0 unspecified atom stereocenters. The van der Waals surface area contributed by atoms with Crippen molar-refractivity contribution >= 4 is 34.8 Å². The van der Waals surface area contributed by atoms with Gasteiger partial charge in [0.25, 0.3) is 25.2 Å². The molecular weight excluding hydrogens is 1240 g/mol. The maximum absolute atomic E-state index is 13.4. The lowest BCUT2D eigenvalue weighted by Crippen LogP contribution is -2.26. The van der Waals surface area contributed by atoms with E-state index in [-0.39, 0.29) is 37.4 Å². The molecule has 4 N–H and O–H groups in total. The number of pyridine rings is 3. The zero-order chi connectivity index (χ0) is 65.6. The highest BCUT2D eigenvalue weighted by Gasteiger charge is 2.27. The second-order valence-electron chi connectivity index (χ2n) is 21.5. The first-order valence-corrected chi connectivity index (χ1v) is 29.0. The van der Waals surface area contributed by atoms with Crippen molar-refractivity contribution in [3.05, 3.63) is 200 Å². The maximum Gasteiger partial charge on any atom is 0.356 e. The molecule has 0 spiro atoms. The van der Waals surface area contributed by atoms with Gasteiger partial charge in [-0.25, -0.2) is 79.0 Å². The van der Waals surface area contributed by atoms with Crippen LogP contribution in [-0.4, -0.2) is 118 Å². The summed E-state index contributed by atoms with van der Waals surface area (Å²) in [5.74, 6) is -3.17. The number of carboxylic acid groups (broad SMARTS) is 1. The highest BCUT2D eigenvalue weighted by Crippen LogP contribution is 2.36. The van der Waals surface area contributed by atoms with Crippen LogP contribution in [0.15, 0.2) is 165 Å². The van der Waals surface area contributed by atoms with Crippen LogP contribution < -0.4 is 11.1 Å². The number of nitrogens with one attached hydrogen (secondary N) is 1. The summed E-state index contributed by atoms with van der Waals surface area (Å²) < 4.78 is 132. The van der Waals surface area contributed by atoms with Gasteiger partial charge < -0.3 is 34.6 Å². The summed E-state index contributed by atoms with van der Waals surface area (Å²) in [7, 11) is 0. The number of nitrogens with zero attached hydrogens (tertiary/aromatic N) is 12. The molecule has 486 valence electrons. The molecule has 3 aromatic carbocycles. The van der Waals surface area contributed by atoms with E-state index in [1.807, 2.05) is 0 Å². The Labute approximate surface area is 529 Å². The second kappa shape index (κ2) is 28.7. The van der Waals surface area contributed by atoms with Gasteiger partial charge in [-0.3, -0.25) is 18.0 Å². The Kier molecular flexibility index (Phi) is 20.2. The number of halogens is 9. The van der Waals surface area contributed by atoms with Gasteiger partial charge in [-0.2, -0.15) is 0 Å². The molecule has 1 amide bonds. The molecule has 0 bridgehead atoms. The van der Waals surface area contributed by atoms with Crippen LogP contribution in [0.4, 0.5) is 39.5 Å². The van der Waals surface area contributed by atoms with Gasteiger partial charge >= 0.3 is 11.9 Å². The molecule has 2 fully saturated rings. The van der Waals surface area contributed by atoms with E-state index >= 15 is 0 Å². The summed E-state index contributed by atoms with van der Waals surface area (Å²) in [6.45, 7) is 0.222. The lowest BCUT2D eigenvalue weighted by atomic mass is 10.1. The molecule has 0 aliphatic heterocycles. The summed E-state index contributed by atoms with van der Waals surface area (Å²) in [6, 6.07) is 27.7. The Morgan fingerprint density at radius 3 is 1.14 bits per heavy atom. The number of rotatable bonds is 17. The van der Waals surface area contributed by atoms with Gasteiger partial charge in [-0.05, 0) is 142 Å². The zero-order valence-electron chi connectivity index (χ0n) is 49.1. The molecule has 2 aliphatic carbocycles. The third-order valence-electron chi connectivity index (χ3n) is 14.7. The summed E-state index contributed by atoms with van der Waals surface area (Å²) >= 11 is 0. The highest BCUT2D eigenvalue weighted by molar-refractivity contribution is 5.94. The average molecular weight is 1300 g/mol. The molecule has 94 heavy (non-hydrogen) atoms. The van der Waals surface area contributed by atoms with Crippen molar-refractivity contribution in [1.82, 2.24) is 62.1 Å². The van der Waals surface area contributed by atoms with Crippen molar-refractivity contribution < 1.29 is 63.7 Å². The van der Waals surface area contributed by atoms with Gasteiger partial charge in [0, 0.05) is 64.1 Å². The molecule has 19 nitrogen and oxygen atoms in total. The zero-order valence-corrected chi connectivity index (χ0v) is 49.1. The Morgan fingerprint density at radius 2 is 0.819 bits per heavy atom. The quantitative estimate of drug-likeness (QED) is 0.0572. The van der Waals surface area contributed by atoms with Crippen molar-refractivity contribution in [3.63, 3.8) is 0 Å². The first-order valence-electron chi connectivity index (χ1n) is 29.0. The monoisotopic (exact) mass is 1300 g/mol. The van der Waals surface area contributed by atoms with Gasteiger partial charge in [-0.1, -0.05) is 7.43 Å². The SMILES string of the molecule is C.CCOC(=O)c1cnc2ccc(-c3c(-c4ccc(F)cc4)ncn3CC(F)F)cn12.NC1CC1.O=C(NC1CC1)c1cnc2ccc(-c3c(-c4ccc(F)cc4)ncn3CC(F)F)cn12.O=C(O)c1cnc2ccc(-c3c(-c4ccc(F)cc4)ncn3CC(F)F)cn12. The van der Waals surface area contributed by atoms with Crippen molar-refractivity contribution in [2.75, 3.05) is 6.61 Å². The molecule has 9 aromatic heterocycles. The number of hydrogen-bond donors (Lipinski definition) is 3. The summed E-state index contributed by atoms with van der Waals surface area (Å²) in [6.07, 6.45) is 9.57. The van der Waals surface area contributed by atoms with Crippen molar-refractivity contribution in [1.29, 1.82) is 0 Å². The number of ether oxygens (including phenoxy) is 1. The Bertz CT molecular complexity index is 4630. The van der Waals surface area contributed by atoms with Gasteiger partial charge in [0.15, 0.2) is 11.4 Å². The van der Waals surface area contributed by atoms with Crippen LogP contribution in [0.25, 0.3) is 84.5 Å². The molecule has 2 saturated carbocycles. The van der Waals surface area contributed by atoms with E-state index in [0.717, 1.165) is 12.8 Å². The van der Waals surface area contributed by atoms with Crippen molar-refractivity contribution in [3.8, 4) is 67.5 Å². The lowest BCUT2D eigenvalue weighted by Gasteiger charge is -2.12. The van der Waals surface area contributed by atoms with E-state index in [1.54, 1.807) is 76.6 Å². The number of esters is 1. The average Bonchev–Trinajstić information content (AvgIpc) is 1.62. The van der Waals surface area contributed by atoms with E-state index in [4.69, 9.17) is 10.5 Å². The van der Waals surface area contributed by atoms with Crippen molar-refractivity contribution in [2.45, 2.75) is 91.0 Å². The summed E-state index contributed by atoms with van der Waals surface area (Å²) in [5, 5.41) is 12.2. The topological polar surface area (TPSA) is 224 Å². The minimum Gasteiger partial charge on any atom is -0.477 e. The van der Waals surface area contributed by atoms with Crippen LogP contribution >= 0.6 is 0 Å². The maximum atomic E-state index is 13.4. The molecule has 12 aromatic rings. The number of benzene rings is 3. The molecule has 0 radical (unpaired) electrons. The largest absolute Gasteiger partial charge is 0.477 e. The van der Waals surface area contributed by atoms with Gasteiger partial charge in [-0.15, -0.1) is 0 Å². The first-order chi connectivity index (χ1) is 44.8. The Hall–Kier alpha value is -10.9. The standard InChI is InChI=1S/C22H18F3N5O.C21H17F3N4O2.C19H13F3N4O2.C3H7N.CH4/c23-15-4-1-13(2-5-15)20-21(29(12-27-20)11-18(24)25)14-3-8-19-26-9-17(30(19)10-14)22(31)28-16-6-7-16;1-2-30-21(29)16-9-25-18-8-5-14(10-28(16)18)20-19(13-3-6-15(22)7-4-13)26-12-27(20)11-17(23)24;20-13-4-1-11(2-5-13)17-18(25(10-24-17)9-15(21)22)12-3-6-16-23-7-14(19(27)28)26(16)8-12;4-3-1-2-3;/h1-5,8-10,12,16,18H,6-7,11H2,(H,28,31);3-10,12,17H,2,11H2,1H3;1-8,10,15H,9H2,(H,27,28);3H,1-2,4H2;1H4. The fraction of sp³-hybridized carbons (Fsp3) is 0.227. The van der Waals surface area contributed by atoms with E-state index in [1.165, 1.54) is 135 Å². The van der Waals surface area contributed by atoms with E-state index in [0.29, 0.717) is 96.2 Å². The van der Waals surface area contributed by atoms with Crippen LogP contribution in [0.1, 0.15) is 71.5 Å². The summed E-state index contributed by atoms with van der Waals surface area (Å²) in [5.41, 5.74) is 13.1. The molecule has 14 rings (SSSR count). The third kappa shape index (κ3) is 15.2. The first kappa shape index (κ1) is 66.0. The van der Waals surface area contributed by atoms with Crippen LogP contribution in [0.5, 0.6) is 0 Å². The van der Waals surface area contributed by atoms with Crippen LogP contribution in [-0.2, 0) is 24.4 Å². The fourth-order valence-electron chi connectivity index (χ4n) is 10.0. The number of carboxylic acids is 1. The fourth-order valence-corrected chi connectivity index (χ4v) is 10.0. The number of carbonyl (C=O) groups is 3.